The van der Waals surface area contributed by atoms with Crippen LogP contribution in [-0.4, -0.2) is 24.7 Å². The van der Waals surface area contributed by atoms with Gasteiger partial charge < -0.3 is 15.6 Å². The van der Waals surface area contributed by atoms with Crippen molar-refractivity contribution in [2.45, 2.75) is 39.5 Å². The summed E-state index contributed by atoms with van der Waals surface area (Å²) in [5, 5.41) is 11.3. The van der Waals surface area contributed by atoms with Gasteiger partial charge >= 0.3 is 0 Å². The first-order valence-electron chi connectivity index (χ1n) is 10.4. The summed E-state index contributed by atoms with van der Waals surface area (Å²) >= 11 is 5.80. The predicted molar refractivity (Wildman–Crippen MR) is 122 cm³/mol. The summed E-state index contributed by atoms with van der Waals surface area (Å²) in [4.78, 5) is 12.5. The lowest BCUT2D eigenvalue weighted by molar-refractivity contribution is -0.113. The molecule has 0 heterocycles. The van der Waals surface area contributed by atoms with Crippen LogP contribution in [0.1, 0.15) is 43.7 Å². The Bertz CT molecular complexity index is 1010. The van der Waals surface area contributed by atoms with Crippen molar-refractivity contribution in [2.75, 3.05) is 13.7 Å². The Balaban J connectivity index is 2.05. The van der Waals surface area contributed by atoms with Crippen LogP contribution >= 0.6 is 11.6 Å². The molecule has 6 heteroatoms. The lowest BCUT2D eigenvalue weighted by Gasteiger charge is -2.37. The molecule has 1 saturated carbocycles. The highest BCUT2D eigenvalue weighted by Crippen LogP contribution is 2.46. The zero-order valence-corrected chi connectivity index (χ0v) is 18.9. The van der Waals surface area contributed by atoms with Gasteiger partial charge in [-0.3, -0.25) is 4.79 Å². The highest BCUT2D eigenvalue weighted by atomic mass is 35.5. The molecule has 2 aromatic rings. The number of rotatable bonds is 6. The Hall–Kier alpha value is -2.37. The maximum Gasteiger partial charge on any atom is 0.252 e. The Labute approximate surface area is 187 Å². The summed E-state index contributed by atoms with van der Waals surface area (Å²) < 4.78 is 19.2. The summed E-state index contributed by atoms with van der Waals surface area (Å²) in [7, 11) is 1.69. The third kappa shape index (κ3) is 4.94. The van der Waals surface area contributed by atoms with Crippen molar-refractivity contribution in [1.82, 2.24) is 0 Å². The normalized spacial score (nSPS) is 22.2. The first-order valence-corrected chi connectivity index (χ1v) is 10.8. The lowest BCUT2D eigenvalue weighted by atomic mass is 9.69. The van der Waals surface area contributed by atoms with Crippen LogP contribution in [0.15, 0.2) is 42.2 Å². The number of ether oxygens (including phenoxy) is 1. The van der Waals surface area contributed by atoms with Crippen molar-refractivity contribution < 1.29 is 19.0 Å². The molecule has 2 aromatic carbocycles. The van der Waals surface area contributed by atoms with Gasteiger partial charge in [0.2, 0.25) is 0 Å². The quantitative estimate of drug-likeness (QED) is 0.419. The van der Waals surface area contributed by atoms with Gasteiger partial charge in [0.1, 0.15) is 11.6 Å². The molecule has 4 nitrogen and oxygen atoms in total. The van der Waals surface area contributed by atoms with Crippen molar-refractivity contribution in [2.24, 2.45) is 17.1 Å². The van der Waals surface area contributed by atoms with E-state index in [1.54, 1.807) is 19.2 Å². The highest BCUT2D eigenvalue weighted by Gasteiger charge is 2.37. The number of hydrogen-bond donors (Lipinski definition) is 2. The molecule has 0 atom stereocenters. The fourth-order valence-corrected chi connectivity index (χ4v) is 4.50. The van der Waals surface area contributed by atoms with Crippen molar-refractivity contribution in [3.63, 3.8) is 0 Å². The molecule has 1 fully saturated rings. The number of benzene rings is 2. The largest absolute Gasteiger partial charge is 0.511 e. The first-order chi connectivity index (χ1) is 14.7. The summed E-state index contributed by atoms with van der Waals surface area (Å²) in [6.45, 7) is 4.53. The van der Waals surface area contributed by atoms with Crippen LogP contribution in [0.3, 0.4) is 0 Å². The smallest absolute Gasteiger partial charge is 0.252 e. The lowest BCUT2D eigenvalue weighted by Crippen LogP contribution is -2.30. The van der Waals surface area contributed by atoms with Crippen molar-refractivity contribution in [3.8, 4) is 11.1 Å². The second-order valence-electron chi connectivity index (χ2n) is 8.71. The number of aryl methyl sites for hydroxylation is 1. The maximum absolute atomic E-state index is 14.0. The Morgan fingerprint density at radius 2 is 1.84 bits per heavy atom. The number of halogens is 2. The van der Waals surface area contributed by atoms with Gasteiger partial charge in [0, 0.05) is 19.1 Å². The second kappa shape index (κ2) is 9.41. The zero-order valence-electron chi connectivity index (χ0n) is 18.2. The number of hydrogen-bond acceptors (Lipinski definition) is 3. The van der Waals surface area contributed by atoms with E-state index in [4.69, 9.17) is 22.1 Å². The average Bonchev–Trinajstić information content (AvgIpc) is 2.73. The first kappa shape index (κ1) is 23.3. The van der Waals surface area contributed by atoms with E-state index in [9.17, 15) is 14.3 Å². The van der Waals surface area contributed by atoms with Crippen LogP contribution in [0.25, 0.3) is 16.7 Å². The van der Waals surface area contributed by atoms with E-state index < -0.39 is 17.1 Å². The molecular weight excluding hydrogens is 417 g/mol. The van der Waals surface area contributed by atoms with E-state index in [-0.39, 0.29) is 16.4 Å². The molecule has 0 spiro atoms. The molecule has 0 saturated heterocycles. The summed E-state index contributed by atoms with van der Waals surface area (Å²) in [5.41, 5.74) is 8.03. The van der Waals surface area contributed by atoms with Crippen molar-refractivity contribution in [1.29, 1.82) is 0 Å². The number of amides is 1. The molecule has 3 rings (SSSR count). The van der Waals surface area contributed by atoms with Crippen LogP contribution in [0, 0.1) is 24.1 Å². The highest BCUT2D eigenvalue weighted by molar-refractivity contribution is 6.30. The number of methoxy groups -OCH3 is 1. The van der Waals surface area contributed by atoms with Gasteiger partial charge in [-0.25, -0.2) is 4.39 Å². The Morgan fingerprint density at radius 3 is 2.42 bits per heavy atom. The molecule has 0 aliphatic heterocycles. The van der Waals surface area contributed by atoms with E-state index in [1.165, 1.54) is 12.1 Å². The van der Waals surface area contributed by atoms with E-state index in [0.29, 0.717) is 29.2 Å². The van der Waals surface area contributed by atoms with E-state index in [0.717, 1.165) is 31.2 Å². The molecule has 1 aliphatic carbocycles. The van der Waals surface area contributed by atoms with Gasteiger partial charge in [-0.1, -0.05) is 36.7 Å². The van der Waals surface area contributed by atoms with Gasteiger partial charge in [-0.05, 0) is 79.0 Å². The molecule has 0 bridgehead atoms. The van der Waals surface area contributed by atoms with Gasteiger partial charge in [-0.15, -0.1) is 0 Å². The van der Waals surface area contributed by atoms with Crippen LogP contribution in [0.2, 0.25) is 5.02 Å². The third-order valence-corrected chi connectivity index (χ3v) is 6.73. The van der Waals surface area contributed by atoms with Crippen molar-refractivity contribution in [3.05, 3.63) is 64.1 Å². The Kier molecular flexibility index (Phi) is 7.07. The number of nitrogens with two attached hydrogens (primary N) is 1. The molecule has 31 heavy (non-hydrogen) atoms. The van der Waals surface area contributed by atoms with E-state index in [2.05, 4.69) is 0 Å². The maximum atomic E-state index is 14.0. The minimum atomic E-state index is -0.680. The zero-order chi connectivity index (χ0) is 22.8. The van der Waals surface area contributed by atoms with E-state index >= 15 is 0 Å². The van der Waals surface area contributed by atoms with Crippen LogP contribution in [0.4, 0.5) is 4.39 Å². The number of allylic oxidation sites excluding steroid dienone is 1. The SMILES string of the molecule is COCC1CCC(C)(/C(O)=C(\C(N)=O)c2cc(-c3ccc(Cl)c(F)c3)ccc2C)CC1. The molecular formula is C25H29ClFNO3. The molecule has 0 unspecified atom stereocenters. The fraction of sp³-hybridized carbons (Fsp3) is 0.400. The monoisotopic (exact) mass is 445 g/mol. The number of carbonyl (C=O) groups is 1. The average molecular weight is 446 g/mol. The second-order valence-corrected chi connectivity index (χ2v) is 9.11. The molecule has 0 radical (unpaired) electrons. The number of primary amides is 1. The topological polar surface area (TPSA) is 72.6 Å². The van der Waals surface area contributed by atoms with Crippen LogP contribution < -0.4 is 5.73 Å². The Morgan fingerprint density at radius 1 is 1.23 bits per heavy atom. The summed E-state index contributed by atoms with van der Waals surface area (Å²) in [6, 6.07) is 10.0. The molecule has 3 N–H and O–H groups in total. The summed E-state index contributed by atoms with van der Waals surface area (Å²) in [6.07, 6.45) is 3.29. The molecule has 166 valence electrons. The van der Waals surface area contributed by atoms with Crippen LogP contribution in [-0.2, 0) is 9.53 Å². The van der Waals surface area contributed by atoms with Gasteiger partial charge in [-0.2, -0.15) is 0 Å². The standard InChI is InChI=1S/C25H29ClFNO3/c1-15-4-5-17(18-6-7-20(26)21(27)13-18)12-19(15)22(24(28)30)23(29)25(2)10-8-16(9-11-25)14-31-3/h4-7,12-13,16,29H,8-11,14H2,1-3H3,(H2,28,30)/b23-22+. The predicted octanol–water partition coefficient (Wildman–Crippen LogP) is 6.05. The van der Waals surface area contributed by atoms with Gasteiger partial charge in [0.05, 0.1) is 10.6 Å². The molecule has 1 aliphatic rings. The molecule has 0 aromatic heterocycles. The van der Waals surface area contributed by atoms with Crippen LogP contribution in [0.5, 0.6) is 0 Å². The summed E-state index contributed by atoms with van der Waals surface area (Å²) in [5.74, 6) is -0.721. The minimum absolute atomic E-state index is 0.0263. The number of aliphatic hydroxyl groups excluding tert-OH is 1. The van der Waals surface area contributed by atoms with Gasteiger partial charge in [0.15, 0.2) is 0 Å². The van der Waals surface area contributed by atoms with Crippen molar-refractivity contribution >= 4 is 23.1 Å². The minimum Gasteiger partial charge on any atom is -0.511 e. The molecule has 1 amide bonds. The van der Waals surface area contributed by atoms with Gasteiger partial charge in [0.25, 0.3) is 5.91 Å². The van der Waals surface area contributed by atoms with E-state index in [1.807, 2.05) is 26.0 Å². The third-order valence-electron chi connectivity index (χ3n) is 6.43. The fourth-order valence-electron chi connectivity index (χ4n) is 4.38. The number of carbonyl (C=O) groups excluding carboxylic acids is 1. The number of aliphatic hydroxyl groups is 1.